The van der Waals surface area contributed by atoms with Crippen LogP contribution in [0.2, 0.25) is 0 Å². The molecule has 0 saturated carbocycles. The van der Waals surface area contributed by atoms with Gasteiger partial charge in [-0.05, 0) is 75.0 Å². The van der Waals surface area contributed by atoms with Crippen molar-refractivity contribution in [2.45, 2.75) is 0 Å². The number of rotatable bonds is 2. The van der Waals surface area contributed by atoms with Gasteiger partial charge in [-0.15, -0.1) is 0 Å². The Kier molecular flexibility index (Phi) is 4.43. The maximum absolute atomic E-state index is 2.54. The first-order valence-electron chi connectivity index (χ1n) is 15.7. The molecule has 11 rings (SSSR count). The van der Waals surface area contributed by atoms with Gasteiger partial charge in [0, 0.05) is 44.0 Å². The Morgan fingerprint density at radius 1 is 0.356 bits per heavy atom. The van der Waals surface area contributed by atoms with Crippen molar-refractivity contribution >= 4 is 66.7 Å². The van der Waals surface area contributed by atoms with Gasteiger partial charge in [-0.1, -0.05) is 115 Å². The van der Waals surface area contributed by atoms with Gasteiger partial charge in [0.15, 0.2) is 0 Å². The van der Waals surface area contributed by atoms with E-state index in [1.54, 1.807) is 0 Å². The summed E-state index contributed by atoms with van der Waals surface area (Å²) in [4.78, 5) is 0. The second-order valence-corrected chi connectivity index (χ2v) is 12.5. The van der Waals surface area contributed by atoms with Gasteiger partial charge in [-0.3, -0.25) is 0 Å². The van der Waals surface area contributed by atoms with Gasteiger partial charge in [0.05, 0.1) is 11.0 Å². The first-order chi connectivity index (χ1) is 22.3. The van der Waals surface area contributed by atoms with E-state index in [-0.39, 0.29) is 6.71 Å². The molecule has 0 amide bonds. The van der Waals surface area contributed by atoms with Crippen LogP contribution in [-0.2, 0) is 0 Å². The van der Waals surface area contributed by atoms with Gasteiger partial charge in [0.25, 0.3) is 6.71 Å². The van der Waals surface area contributed by atoms with Crippen molar-refractivity contribution in [3.8, 4) is 33.6 Å². The van der Waals surface area contributed by atoms with Crippen molar-refractivity contribution in [1.82, 2.24) is 9.13 Å². The molecule has 9 aromatic rings. The number of fused-ring (bicyclic) bond motifs is 10. The third kappa shape index (κ3) is 2.95. The minimum Gasteiger partial charge on any atom is -0.310 e. The average Bonchev–Trinajstić information content (AvgIpc) is 3.63. The number of hydrogen-bond acceptors (Lipinski definition) is 0. The van der Waals surface area contributed by atoms with Crippen LogP contribution < -0.4 is 16.4 Å². The van der Waals surface area contributed by atoms with Gasteiger partial charge in [0.1, 0.15) is 0 Å². The van der Waals surface area contributed by atoms with Crippen LogP contribution in [0.25, 0.3) is 77.2 Å². The Morgan fingerprint density at radius 2 is 0.956 bits per heavy atom. The second-order valence-electron chi connectivity index (χ2n) is 12.5. The van der Waals surface area contributed by atoms with Crippen molar-refractivity contribution in [2.24, 2.45) is 0 Å². The molecule has 0 unspecified atom stereocenters. The summed E-state index contributed by atoms with van der Waals surface area (Å²) in [6, 6.07) is 56.3. The molecule has 0 atom stereocenters. The van der Waals surface area contributed by atoms with Gasteiger partial charge in [-0.2, -0.15) is 0 Å². The van der Waals surface area contributed by atoms with E-state index in [2.05, 4.69) is 161 Å². The summed E-state index contributed by atoms with van der Waals surface area (Å²) in [6.07, 6.45) is 0. The van der Waals surface area contributed by atoms with Crippen LogP contribution in [0.3, 0.4) is 0 Å². The number of aromatic nitrogens is 2. The minimum atomic E-state index is 0.133. The van der Waals surface area contributed by atoms with E-state index < -0.39 is 0 Å². The van der Waals surface area contributed by atoms with Crippen molar-refractivity contribution < 1.29 is 0 Å². The zero-order valence-corrected chi connectivity index (χ0v) is 24.4. The third-order valence-corrected chi connectivity index (χ3v) is 10.3. The van der Waals surface area contributed by atoms with Crippen LogP contribution in [-0.4, -0.2) is 15.8 Å². The lowest BCUT2D eigenvalue weighted by Gasteiger charge is -2.33. The molecule has 2 aliphatic rings. The lowest BCUT2D eigenvalue weighted by atomic mass is 9.34. The molecule has 2 aliphatic heterocycles. The average molecular weight is 568 g/mol. The standard InChI is InChI=1S/C42H25BN2/c1-3-11-26(12-4-1)28-21-22-37-32(23-28)31-16-9-17-34-41(31)45(37)39-20-10-19-38-40(39)43(34)35-25-29(27-13-5-2-6-14-27)24-33-30-15-7-8-18-36(30)44(38)42(33)35/h1-25H. The summed E-state index contributed by atoms with van der Waals surface area (Å²) in [5.41, 5.74) is 16.9. The van der Waals surface area contributed by atoms with E-state index >= 15 is 0 Å². The van der Waals surface area contributed by atoms with Crippen molar-refractivity contribution in [3.63, 3.8) is 0 Å². The van der Waals surface area contributed by atoms with Crippen LogP contribution >= 0.6 is 0 Å². The predicted octanol–water partition coefficient (Wildman–Crippen LogP) is 8.36. The Hall–Kier alpha value is -5.80. The van der Waals surface area contributed by atoms with Gasteiger partial charge in [-0.25, -0.2) is 0 Å². The monoisotopic (exact) mass is 568 g/mol. The number of hydrogen-bond donors (Lipinski definition) is 0. The fraction of sp³-hybridized carbons (Fsp3) is 0. The molecule has 4 heterocycles. The smallest absolute Gasteiger partial charge is 0.252 e. The lowest BCUT2D eigenvalue weighted by molar-refractivity contribution is 1.14. The lowest BCUT2D eigenvalue weighted by Crippen LogP contribution is -2.59. The van der Waals surface area contributed by atoms with Crippen molar-refractivity contribution in [3.05, 3.63) is 152 Å². The number of benzene rings is 7. The van der Waals surface area contributed by atoms with E-state index in [1.807, 2.05) is 0 Å². The van der Waals surface area contributed by atoms with E-state index in [4.69, 9.17) is 0 Å². The first-order valence-corrected chi connectivity index (χ1v) is 15.7. The molecular formula is C42H25BN2. The summed E-state index contributed by atoms with van der Waals surface area (Å²) in [5.74, 6) is 0. The molecule has 3 heteroatoms. The van der Waals surface area contributed by atoms with E-state index in [9.17, 15) is 0 Å². The Labute approximate surface area is 260 Å². The largest absolute Gasteiger partial charge is 0.310 e. The summed E-state index contributed by atoms with van der Waals surface area (Å²) in [7, 11) is 0. The quantitative estimate of drug-likeness (QED) is 0.186. The minimum absolute atomic E-state index is 0.133. The van der Waals surface area contributed by atoms with Crippen LogP contribution in [0.5, 0.6) is 0 Å². The Morgan fingerprint density at radius 3 is 1.73 bits per heavy atom. The first kappa shape index (κ1) is 23.6. The molecule has 0 bridgehead atoms. The van der Waals surface area contributed by atoms with E-state index in [1.165, 1.54) is 93.6 Å². The van der Waals surface area contributed by atoms with Crippen LogP contribution in [0, 0.1) is 0 Å². The summed E-state index contributed by atoms with van der Waals surface area (Å²) >= 11 is 0. The molecule has 0 spiro atoms. The van der Waals surface area contributed by atoms with Gasteiger partial charge in [0.2, 0.25) is 0 Å². The van der Waals surface area contributed by atoms with Gasteiger partial charge >= 0.3 is 0 Å². The third-order valence-electron chi connectivity index (χ3n) is 10.3. The molecule has 45 heavy (non-hydrogen) atoms. The highest BCUT2D eigenvalue weighted by Gasteiger charge is 2.40. The van der Waals surface area contributed by atoms with Crippen molar-refractivity contribution in [1.29, 1.82) is 0 Å². The zero-order valence-electron chi connectivity index (χ0n) is 24.4. The molecule has 2 aromatic heterocycles. The highest BCUT2D eigenvalue weighted by Crippen LogP contribution is 2.40. The molecule has 0 fully saturated rings. The Balaban J connectivity index is 1.30. The highest BCUT2D eigenvalue weighted by atomic mass is 15.0. The van der Waals surface area contributed by atoms with Crippen molar-refractivity contribution in [2.75, 3.05) is 0 Å². The highest BCUT2D eigenvalue weighted by molar-refractivity contribution is 7.00. The molecular weight excluding hydrogens is 543 g/mol. The summed E-state index contributed by atoms with van der Waals surface area (Å²) in [6.45, 7) is 0.133. The van der Waals surface area contributed by atoms with Crippen LogP contribution in [0.4, 0.5) is 0 Å². The summed E-state index contributed by atoms with van der Waals surface area (Å²) < 4.78 is 5.08. The van der Waals surface area contributed by atoms with Crippen LogP contribution in [0.1, 0.15) is 0 Å². The Bertz CT molecular complexity index is 2700. The maximum atomic E-state index is 2.54. The summed E-state index contributed by atoms with van der Waals surface area (Å²) in [5, 5.41) is 5.25. The SMILES string of the molecule is c1ccc(-c2ccc3c(c2)c2cccc4c2n3-c2cccc3c2B4c2cc(-c4ccccc4)cc4c5ccccc5n-3c24)cc1. The molecule has 2 nitrogen and oxygen atoms in total. The van der Waals surface area contributed by atoms with Crippen LogP contribution in [0.15, 0.2) is 152 Å². The fourth-order valence-electron chi connectivity index (χ4n) is 8.49. The fourth-order valence-corrected chi connectivity index (χ4v) is 8.49. The topological polar surface area (TPSA) is 9.86 Å². The number of para-hydroxylation sites is 2. The molecule has 0 radical (unpaired) electrons. The second kappa shape index (κ2) is 8.43. The molecule has 206 valence electrons. The molecule has 0 aliphatic carbocycles. The molecule has 0 saturated heterocycles. The zero-order chi connectivity index (χ0) is 29.2. The van der Waals surface area contributed by atoms with E-state index in [0.717, 1.165) is 0 Å². The van der Waals surface area contributed by atoms with E-state index in [0.29, 0.717) is 0 Å². The molecule has 7 aromatic carbocycles. The number of nitrogens with zero attached hydrogens (tertiary/aromatic N) is 2. The normalized spacial score (nSPS) is 12.8. The molecule has 0 N–H and O–H groups in total. The maximum Gasteiger partial charge on any atom is 0.252 e. The predicted molar refractivity (Wildman–Crippen MR) is 191 cm³/mol. The van der Waals surface area contributed by atoms with Gasteiger partial charge < -0.3 is 9.13 Å².